The van der Waals surface area contributed by atoms with Crippen molar-refractivity contribution in [3.8, 4) is 0 Å². The van der Waals surface area contributed by atoms with Gasteiger partial charge in [-0.3, -0.25) is 4.68 Å². The zero-order valence-corrected chi connectivity index (χ0v) is 10.8. The number of hydrogen-bond acceptors (Lipinski definition) is 2. The summed E-state index contributed by atoms with van der Waals surface area (Å²) < 4.78 is 1.98. The molecule has 1 heterocycles. The number of rotatable bonds is 3. The molecule has 1 saturated carbocycles. The number of aromatic nitrogens is 2. The van der Waals surface area contributed by atoms with Gasteiger partial charge in [0.1, 0.15) is 0 Å². The van der Waals surface area contributed by atoms with Crippen molar-refractivity contribution in [3.63, 3.8) is 0 Å². The maximum atomic E-state index is 5.26. The summed E-state index contributed by atoms with van der Waals surface area (Å²) in [5, 5.41) is 11.7. The molecule has 0 aliphatic heterocycles. The Labute approximate surface area is 101 Å². The van der Waals surface area contributed by atoms with Crippen LogP contribution >= 0.6 is 12.2 Å². The van der Waals surface area contributed by atoms with Crippen LogP contribution in [-0.4, -0.2) is 20.9 Å². The topological polar surface area (TPSA) is 41.9 Å². The number of nitrogens with zero attached hydrogens (tertiary/aromatic N) is 2. The summed E-state index contributed by atoms with van der Waals surface area (Å²) in [6, 6.07) is 0.585. The van der Waals surface area contributed by atoms with Gasteiger partial charge in [0.15, 0.2) is 5.11 Å². The SMILES string of the molecule is CCn1nc(C)c(NC(=S)NC2CC2)c1C. The van der Waals surface area contributed by atoms with Crippen LogP contribution in [0, 0.1) is 13.8 Å². The Balaban J connectivity index is 2.07. The van der Waals surface area contributed by atoms with Crippen molar-refractivity contribution >= 4 is 23.0 Å². The van der Waals surface area contributed by atoms with E-state index >= 15 is 0 Å². The molecule has 0 bridgehead atoms. The van der Waals surface area contributed by atoms with Crippen LogP contribution in [-0.2, 0) is 6.54 Å². The maximum absolute atomic E-state index is 5.26. The molecular weight excluding hydrogens is 220 g/mol. The molecular formula is C11H18N4S. The number of hydrogen-bond donors (Lipinski definition) is 2. The van der Waals surface area contributed by atoms with Crippen LogP contribution in [0.15, 0.2) is 0 Å². The Hall–Kier alpha value is -1.10. The Kier molecular flexibility index (Phi) is 3.14. The highest BCUT2D eigenvalue weighted by Gasteiger charge is 2.22. The third-order valence-electron chi connectivity index (χ3n) is 2.83. The first kappa shape index (κ1) is 11.4. The standard InChI is InChI=1S/C11H18N4S/c1-4-15-8(3)10(7(2)14-15)13-11(16)12-9-5-6-9/h9H,4-6H2,1-3H3,(H2,12,13,16). The van der Waals surface area contributed by atoms with Crippen LogP contribution in [0.1, 0.15) is 31.2 Å². The predicted molar refractivity (Wildman–Crippen MR) is 69.8 cm³/mol. The molecule has 4 nitrogen and oxygen atoms in total. The molecule has 0 saturated heterocycles. The van der Waals surface area contributed by atoms with E-state index in [1.165, 1.54) is 12.8 Å². The molecule has 88 valence electrons. The van der Waals surface area contributed by atoms with Gasteiger partial charge in [-0.2, -0.15) is 5.10 Å². The van der Waals surface area contributed by atoms with Crippen molar-refractivity contribution in [1.29, 1.82) is 0 Å². The van der Waals surface area contributed by atoms with Gasteiger partial charge in [-0.1, -0.05) is 0 Å². The fourth-order valence-electron chi connectivity index (χ4n) is 1.75. The summed E-state index contributed by atoms with van der Waals surface area (Å²) in [4.78, 5) is 0. The minimum atomic E-state index is 0.585. The lowest BCUT2D eigenvalue weighted by molar-refractivity contribution is 0.634. The largest absolute Gasteiger partial charge is 0.360 e. The number of anilines is 1. The number of thiocarbonyl (C=S) groups is 1. The van der Waals surface area contributed by atoms with Crippen molar-refractivity contribution in [2.75, 3.05) is 5.32 Å². The lowest BCUT2D eigenvalue weighted by Gasteiger charge is -2.09. The maximum Gasteiger partial charge on any atom is 0.171 e. The molecule has 1 fully saturated rings. The molecule has 5 heteroatoms. The summed E-state index contributed by atoms with van der Waals surface area (Å²) in [7, 11) is 0. The highest BCUT2D eigenvalue weighted by atomic mass is 32.1. The summed E-state index contributed by atoms with van der Waals surface area (Å²) in [6.45, 7) is 7.04. The van der Waals surface area contributed by atoms with Gasteiger partial charge in [-0.05, 0) is 45.8 Å². The Bertz CT molecular complexity index is 406. The molecule has 0 aromatic carbocycles. The van der Waals surface area contributed by atoms with Gasteiger partial charge in [0, 0.05) is 12.6 Å². The average Bonchev–Trinajstić information content (AvgIpc) is 3.00. The molecule has 1 aromatic rings. The van der Waals surface area contributed by atoms with Crippen LogP contribution < -0.4 is 10.6 Å². The minimum absolute atomic E-state index is 0.585. The van der Waals surface area contributed by atoms with E-state index < -0.39 is 0 Å². The molecule has 0 unspecified atom stereocenters. The van der Waals surface area contributed by atoms with Gasteiger partial charge in [-0.25, -0.2) is 0 Å². The minimum Gasteiger partial charge on any atom is -0.360 e. The van der Waals surface area contributed by atoms with E-state index in [-0.39, 0.29) is 0 Å². The molecule has 1 aliphatic rings. The Morgan fingerprint density at radius 2 is 2.19 bits per heavy atom. The van der Waals surface area contributed by atoms with Gasteiger partial charge < -0.3 is 10.6 Å². The first-order valence-corrected chi connectivity index (χ1v) is 6.14. The van der Waals surface area contributed by atoms with E-state index in [9.17, 15) is 0 Å². The molecule has 2 rings (SSSR count). The molecule has 0 amide bonds. The first-order chi connectivity index (χ1) is 7.61. The van der Waals surface area contributed by atoms with Crippen LogP contribution in [0.3, 0.4) is 0 Å². The molecule has 0 atom stereocenters. The van der Waals surface area contributed by atoms with Gasteiger partial charge in [0.25, 0.3) is 0 Å². The Morgan fingerprint density at radius 3 is 2.69 bits per heavy atom. The van der Waals surface area contributed by atoms with Crippen molar-refractivity contribution in [1.82, 2.24) is 15.1 Å². The monoisotopic (exact) mass is 238 g/mol. The Morgan fingerprint density at radius 1 is 1.50 bits per heavy atom. The predicted octanol–water partition coefficient (Wildman–Crippen LogP) is 1.97. The number of nitrogens with one attached hydrogen (secondary N) is 2. The summed E-state index contributed by atoms with van der Waals surface area (Å²) in [5.41, 5.74) is 3.18. The molecule has 16 heavy (non-hydrogen) atoms. The summed E-state index contributed by atoms with van der Waals surface area (Å²) in [6.07, 6.45) is 2.46. The zero-order valence-electron chi connectivity index (χ0n) is 10.0. The van der Waals surface area contributed by atoms with E-state index in [2.05, 4.69) is 29.6 Å². The highest BCUT2D eigenvalue weighted by Crippen LogP contribution is 2.21. The van der Waals surface area contributed by atoms with Gasteiger partial charge in [0.05, 0.1) is 17.1 Å². The van der Waals surface area contributed by atoms with Gasteiger partial charge in [0.2, 0.25) is 0 Å². The van der Waals surface area contributed by atoms with E-state index in [0.717, 1.165) is 23.6 Å². The molecule has 0 radical (unpaired) electrons. The van der Waals surface area contributed by atoms with E-state index in [0.29, 0.717) is 11.2 Å². The number of aryl methyl sites for hydroxylation is 2. The van der Waals surface area contributed by atoms with Crippen LogP contribution in [0.25, 0.3) is 0 Å². The van der Waals surface area contributed by atoms with E-state index in [1.54, 1.807) is 0 Å². The highest BCUT2D eigenvalue weighted by molar-refractivity contribution is 7.80. The molecule has 1 aromatic heterocycles. The second-order valence-electron chi connectivity index (χ2n) is 4.23. The lowest BCUT2D eigenvalue weighted by Crippen LogP contribution is -2.30. The van der Waals surface area contributed by atoms with Crippen molar-refractivity contribution in [3.05, 3.63) is 11.4 Å². The first-order valence-electron chi connectivity index (χ1n) is 5.73. The van der Waals surface area contributed by atoms with Crippen LogP contribution in [0.2, 0.25) is 0 Å². The van der Waals surface area contributed by atoms with Crippen molar-refractivity contribution in [2.45, 2.75) is 46.2 Å². The fourth-order valence-corrected chi connectivity index (χ4v) is 2.02. The molecule has 1 aliphatic carbocycles. The van der Waals surface area contributed by atoms with Gasteiger partial charge in [-0.15, -0.1) is 0 Å². The third kappa shape index (κ3) is 2.35. The van der Waals surface area contributed by atoms with Crippen molar-refractivity contribution < 1.29 is 0 Å². The quantitative estimate of drug-likeness (QED) is 0.790. The fraction of sp³-hybridized carbons (Fsp3) is 0.636. The smallest absolute Gasteiger partial charge is 0.171 e. The summed E-state index contributed by atoms with van der Waals surface area (Å²) >= 11 is 5.26. The van der Waals surface area contributed by atoms with E-state index in [1.807, 2.05) is 11.6 Å². The normalized spacial score (nSPS) is 14.9. The lowest BCUT2D eigenvalue weighted by atomic mass is 10.3. The average molecular weight is 238 g/mol. The second kappa shape index (κ2) is 4.41. The van der Waals surface area contributed by atoms with Crippen molar-refractivity contribution in [2.24, 2.45) is 0 Å². The molecule has 2 N–H and O–H groups in total. The van der Waals surface area contributed by atoms with Crippen LogP contribution in [0.5, 0.6) is 0 Å². The molecule has 0 spiro atoms. The second-order valence-corrected chi connectivity index (χ2v) is 4.64. The zero-order chi connectivity index (χ0) is 11.7. The van der Waals surface area contributed by atoms with Crippen LogP contribution in [0.4, 0.5) is 5.69 Å². The summed E-state index contributed by atoms with van der Waals surface area (Å²) in [5.74, 6) is 0. The van der Waals surface area contributed by atoms with Gasteiger partial charge >= 0.3 is 0 Å². The third-order valence-corrected chi connectivity index (χ3v) is 3.05. The van der Waals surface area contributed by atoms with E-state index in [4.69, 9.17) is 12.2 Å².